The van der Waals surface area contributed by atoms with Gasteiger partial charge < -0.3 is 10.2 Å². The predicted molar refractivity (Wildman–Crippen MR) is 155 cm³/mol. The molecule has 202 valence electrons. The highest BCUT2D eigenvalue weighted by Gasteiger charge is 2.32. The highest BCUT2D eigenvalue weighted by atomic mass is 79.9. The zero-order valence-corrected chi connectivity index (χ0v) is 24.7. The molecule has 3 aromatic carbocycles. The van der Waals surface area contributed by atoms with Crippen molar-refractivity contribution in [3.8, 4) is 0 Å². The molecule has 0 fully saturated rings. The van der Waals surface area contributed by atoms with E-state index < -0.39 is 28.5 Å². The van der Waals surface area contributed by atoms with Gasteiger partial charge in [-0.3, -0.25) is 13.9 Å². The summed E-state index contributed by atoms with van der Waals surface area (Å²) in [4.78, 5) is 28.2. The molecule has 0 heterocycles. The number of anilines is 1. The quantitative estimate of drug-likeness (QED) is 0.305. The van der Waals surface area contributed by atoms with Crippen molar-refractivity contribution in [3.63, 3.8) is 0 Å². The van der Waals surface area contributed by atoms with Crippen molar-refractivity contribution in [1.82, 2.24) is 10.2 Å². The molecule has 0 bridgehead atoms. The van der Waals surface area contributed by atoms with Crippen LogP contribution in [0.2, 0.25) is 5.02 Å². The van der Waals surface area contributed by atoms with Gasteiger partial charge in [-0.1, -0.05) is 70.3 Å². The fourth-order valence-corrected chi connectivity index (χ4v) is 5.85. The van der Waals surface area contributed by atoms with E-state index >= 15 is 0 Å². The molecule has 7 nitrogen and oxygen atoms in total. The lowest BCUT2D eigenvalue weighted by atomic mass is 10.1. The maximum absolute atomic E-state index is 13.8. The first-order valence-corrected chi connectivity index (χ1v) is 14.8. The maximum atomic E-state index is 13.8. The Morgan fingerprint density at radius 1 is 1.03 bits per heavy atom. The molecule has 38 heavy (non-hydrogen) atoms. The van der Waals surface area contributed by atoms with Crippen molar-refractivity contribution in [1.29, 1.82) is 0 Å². The average molecular weight is 621 g/mol. The summed E-state index contributed by atoms with van der Waals surface area (Å²) in [6.07, 6.45) is 0.745. The standard InChI is InChI=1S/C28H31BrClN3O4S/c1-4-15-31-28(35)21(3)32(18-22-7-5-8-23(29)16-22)27(34)19-33(25-10-6-9-24(30)17-25)38(36,37)26-13-11-20(2)12-14-26/h5-14,16-17,21H,4,15,18-19H2,1-3H3,(H,31,35)/t21-/m0/s1. The molecule has 0 radical (unpaired) electrons. The summed E-state index contributed by atoms with van der Waals surface area (Å²) in [5.41, 5.74) is 1.94. The minimum Gasteiger partial charge on any atom is -0.354 e. The van der Waals surface area contributed by atoms with E-state index in [1.165, 1.54) is 23.1 Å². The molecular weight excluding hydrogens is 590 g/mol. The second-order valence-corrected chi connectivity index (χ2v) is 12.1. The number of carbonyl (C=O) groups excluding carboxylic acids is 2. The van der Waals surface area contributed by atoms with E-state index in [0.29, 0.717) is 11.6 Å². The van der Waals surface area contributed by atoms with Crippen LogP contribution < -0.4 is 9.62 Å². The Bertz CT molecular complexity index is 1380. The minimum absolute atomic E-state index is 0.0446. The Balaban J connectivity index is 2.02. The molecule has 0 unspecified atom stereocenters. The van der Waals surface area contributed by atoms with Crippen molar-refractivity contribution in [2.24, 2.45) is 0 Å². The third kappa shape index (κ3) is 7.58. The number of rotatable bonds is 11. The van der Waals surface area contributed by atoms with E-state index in [-0.39, 0.29) is 23.0 Å². The summed E-state index contributed by atoms with van der Waals surface area (Å²) in [5.74, 6) is -0.842. The van der Waals surface area contributed by atoms with Gasteiger partial charge in [0, 0.05) is 22.6 Å². The van der Waals surface area contributed by atoms with Gasteiger partial charge in [0.25, 0.3) is 10.0 Å². The molecule has 2 amide bonds. The molecule has 1 atom stereocenters. The second kappa shape index (κ2) is 13.3. The highest BCUT2D eigenvalue weighted by Crippen LogP contribution is 2.27. The van der Waals surface area contributed by atoms with Crippen molar-refractivity contribution in [3.05, 3.63) is 93.4 Å². The number of benzene rings is 3. The van der Waals surface area contributed by atoms with Crippen molar-refractivity contribution in [2.45, 2.75) is 44.7 Å². The van der Waals surface area contributed by atoms with E-state index in [1.807, 2.05) is 38.1 Å². The van der Waals surface area contributed by atoms with Gasteiger partial charge in [-0.2, -0.15) is 0 Å². The lowest BCUT2D eigenvalue weighted by Gasteiger charge is -2.32. The van der Waals surface area contributed by atoms with Crippen molar-refractivity contribution >= 4 is 55.1 Å². The van der Waals surface area contributed by atoms with Crippen LogP contribution in [0.4, 0.5) is 5.69 Å². The van der Waals surface area contributed by atoms with Crippen LogP contribution >= 0.6 is 27.5 Å². The first-order chi connectivity index (χ1) is 18.0. The number of nitrogens with zero attached hydrogens (tertiary/aromatic N) is 2. The molecule has 0 aliphatic heterocycles. The molecule has 0 saturated heterocycles. The van der Waals surface area contributed by atoms with Crippen LogP contribution in [0.25, 0.3) is 0 Å². The maximum Gasteiger partial charge on any atom is 0.264 e. The molecule has 1 N–H and O–H groups in total. The molecule has 0 aliphatic rings. The summed E-state index contributed by atoms with van der Waals surface area (Å²) in [6.45, 7) is 5.51. The van der Waals surface area contributed by atoms with Gasteiger partial charge in [0.15, 0.2) is 0 Å². The number of hydrogen-bond donors (Lipinski definition) is 1. The van der Waals surface area contributed by atoms with E-state index in [9.17, 15) is 18.0 Å². The van der Waals surface area contributed by atoms with Gasteiger partial charge in [0.05, 0.1) is 10.6 Å². The van der Waals surface area contributed by atoms with E-state index in [0.717, 1.165) is 26.3 Å². The van der Waals surface area contributed by atoms with E-state index in [2.05, 4.69) is 21.2 Å². The van der Waals surface area contributed by atoms with Crippen LogP contribution in [0.5, 0.6) is 0 Å². The first-order valence-electron chi connectivity index (χ1n) is 12.2. The zero-order chi connectivity index (χ0) is 27.9. The average Bonchev–Trinajstić information content (AvgIpc) is 2.88. The Kier molecular flexibility index (Phi) is 10.4. The van der Waals surface area contributed by atoms with Gasteiger partial charge in [-0.05, 0) is 68.3 Å². The largest absolute Gasteiger partial charge is 0.354 e. The normalized spacial score (nSPS) is 12.0. The number of hydrogen-bond acceptors (Lipinski definition) is 4. The van der Waals surface area contributed by atoms with Crippen LogP contribution in [0.3, 0.4) is 0 Å². The van der Waals surface area contributed by atoms with Gasteiger partial charge in [0.2, 0.25) is 11.8 Å². The third-order valence-corrected chi connectivity index (χ3v) is 8.46. The predicted octanol–water partition coefficient (Wildman–Crippen LogP) is 5.55. The Morgan fingerprint density at radius 2 is 1.71 bits per heavy atom. The van der Waals surface area contributed by atoms with Gasteiger partial charge >= 0.3 is 0 Å². The molecule has 10 heteroatoms. The Morgan fingerprint density at radius 3 is 2.34 bits per heavy atom. The monoisotopic (exact) mass is 619 g/mol. The Labute approximate surface area is 238 Å². The SMILES string of the molecule is CCCNC(=O)[C@H](C)N(Cc1cccc(Br)c1)C(=O)CN(c1cccc(Cl)c1)S(=O)(=O)c1ccc(C)cc1. The van der Waals surface area contributed by atoms with Gasteiger partial charge in [-0.15, -0.1) is 0 Å². The number of nitrogens with one attached hydrogen (secondary N) is 1. The fraction of sp³-hybridized carbons (Fsp3) is 0.286. The summed E-state index contributed by atoms with van der Waals surface area (Å²) in [7, 11) is -4.14. The second-order valence-electron chi connectivity index (χ2n) is 8.92. The zero-order valence-electron chi connectivity index (χ0n) is 21.5. The molecular formula is C28H31BrClN3O4S. The smallest absolute Gasteiger partial charge is 0.264 e. The lowest BCUT2D eigenvalue weighted by molar-refractivity contribution is -0.139. The fourth-order valence-electron chi connectivity index (χ4n) is 3.81. The molecule has 0 saturated carbocycles. The first kappa shape index (κ1) is 29.7. The summed E-state index contributed by atoms with van der Waals surface area (Å²) >= 11 is 9.63. The third-order valence-electron chi connectivity index (χ3n) is 5.94. The topological polar surface area (TPSA) is 86.8 Å². The van der Waals surface area contributed by atoms with Gasteiger partial charge in [0.1, 0.15) is 12.6 Å². The molecule has 3 rings (SSSR count). The number of carbonyl (C=O) groups is 2. The lowest BCUT2D eigenvalue weighted by Crippen LogP contribution is -2.51. The summed E-state index contributed by atoms with van der Waals surface area (Å²) in [6, 6.07) is 19.3. The number of aryl methyl sites for hydroxylation is 1. The number of halogens is 2. The van der Waals surface area contributed by atoms with E-state index in [4.69, 9.17) is 11.6 Å². The Hall–Kier alpha value is -2.88. The molecule has 0 aromatic heterocycles. The van der Waals surface area contributed by atoms with Crippen LogP contribution in [-0.2, 0) is 26.2 Å². The van der Waals surface area contributed by atoms with Crippen LogP contribution in [0.15, 0.2) is 82.2 Å². The number of amides is 2. The van der Waals surface area contributed by atoms with Crippen LogP contribution in [0, 0.1) is 6.92 Å². The van der Waals surface area contributed by atoms with Gasteiger partial charge in [-0.25, -0.2) is 8.42 Å². The van der Waals surface area contributed by atoms with Crippen molar-refractivity contribution < 1.29 is 18.0 Å². The van der Waals surface area contributed by atoms with Crippen LogP contribution in [-0.4, -0.2) is 44.3 Å². The van der Waals surface area contributed by atoms with Crippen LogP contribution in [0.1, 0.15) is 31.4 Å². The summed E-state index contributed by atoms with van der Waals surface area (Å²) in [5, 5.41) is 3.16. The molecule has 3 aromatic rings. The molecule has 0 spiro atoms. The van der Waals surface area contributed by atoms with Crippen molar-refractivity contribution in [2.75, 3.05) is 17.4 Å². The minimum atomic E-state index is -4.14. The summed E-state index contributed by atoms with van der Waals surface area (Å²) < 4.78 is 29.4. The molecule has 0 aliphatic carbocycles. The number of sulfonamides is 1. The van der Waals surface area contributed by atoms with E-state index in [1.54, 1.807) is 37.3 Å². The highest BCUT2D eigenvalue weighted by molar-refractivity contribution is 9.10.